The summed E-state index contributed by atoms with van der Waals surface area (Å²) in [6.45, 7) is 2.25. The third-order valence-electron chi connectivity index (χ3n) is 3.88. The van der Waals surface area contributed by atoms with Gasteiger partial charge in [-0.2, -0.15) is 0 Å². The highest BCUT2D eigenvalue weighted by Gasteiger charge is 2.16. The summed E-state index contributed by atoms with van der Waals surface area (Å²) < 4.78 is 5.03. The molecule has 3 aromatic carbocycles. The molecule has 0 spiro atoms. The summed E-state index contributed by atoms with van der Waals surface area (Å²) >= 11 is 0. The van der Waals surface area contributed by atoms with Crippen molar-refractivity contribution in [3.63, 3.8) is 0 Å². The van der Waals surface area contributed by atoms with Crippen LogP contribution in [0.25, 0.3) is 0 Å². The molecule has 2 nitrogen and oxygen atoms in total. The van der Waals surface area contributed by atoms with Crippen LogP contribution < -0.4 is 15.9 Å². The summed E-state index contributed by atoms with van der Waals surface area (Å²) in [5.74, 6) is -0.177. The summed E-state index contributed by atoms with van der Waals surface area (Å²) in [6.07, 6.45) is 0.322. The highest BCUT2D eigenvalue weighted by molar-refractivity contribution is 8.93. The van der Waals surface area contributed by atoms with Gasteiger partial charge in [0.1, 0.15) is 0 Å². The van der Waals surface area contributed by atoms with Crippen LogP contribution in [-0.2, 0) is 16.0 Å². The monoisotopic (exact) mass is 428 g/mol. The molecule has 0 aliphatic carbocycles. The molecule has 3 aromatic rings. The van der Waals surface area contributed by atoms with Crippen LogP contribution >= 0.6 is 24.9 Å². The van der Waals surface area contributed by atoms with E-state index in [1.807, 2.05) is 31.2 Å². The largest absolute Gasteiger partial charge is 0.466 e. The van der Waals surface area contributed by atoms with E-state index in [2.05, 4.69) is 60.7 Å². The Morgan fingerprint density at radius 2 is 1.23 bits per heavy atom. The van der Waals surface area contributed by atoms with Crippen molar-refractivity contribution in [2.75, 3.05) is 6.61 Å². The molecule has 3 rings (SSSR count). The number of halogens is 1. The average Bonchev–Trinajstić information content (AvgIpc) is 2.65. The zero-order valence-corrected chi connectivity index (χ0v) is 17.3. The first kappa shape index (κ1) is 20.4. The van der Waals surface area contributed by atoms with E-state index in [4.69, 9.17) is 4.74 Å². The number of hydrogen-bond acceptors (Lipinski definition) is 2. The number of carbonyl (C=O) groups excluding carboxylic acids is 1. The van der Waals surface area contributed by atoms with E-state index >= 15 is 0 Å². The predicted molar refractivity (Wildman–Crippen MR) is 116 cm³/mol. The molecule has 0 heterocycles. The number of benzene rings is 3. The van der Waals surface area contributed by atoms with Crippen LogP contribution in [-0.4, -0.2) is 12.6 Å². The van der Waals surface area contributed by atoms with Gasteiger partial charge >= 0.3 is 5.97 Å². The Labute approximate surface area is 166 Å². The number of esters is 1. The van der Waals surface area contributed by atoms with Crippen LogP contribution in [0.1, 0.15) is 12.5 Å². The van der Waals surface area contributed by atoms with Crippen molar-refractivity contribution in [1.82, 2.24) is 0 Å². The van der Waals surface area contributed by atoms with E-state index in [0.29, 0.717) is 13.0 Å². The van der Waals surface area contributed by atoms with E-state index in [1.165, 1.54) is 15.9 Å². The van der Waals surface area contributed by atoms with Crippen LogP contribution in [0.4, 0.5) is 0 Å². The van der Waals surface area contributed by atoms with Gasteiger partial charge in [0.2, 0.25) is 0 Å². The van der Waals surface area contributed by atoms with Crippen LogP contribution in [0.3, 0.4) is 0 Å². The second-order valence-electron chi connectivity index (χ2n) is 5.65. The fourth-order valence-electron chi connectivity index (χ4n) is 2.74. The summed E-state index contributed by atoms with van der Waals surface area (Å²) in [6, 6.07) is 29.5. The molecule has 134 valence electrons. The molecule has 0 bridgehead atoms. The maximum Gasteiger partial charge on any atom is 0.310 e. The van der Waals surface area contributed by atoms with Crippen molar-refractivity contribution in [1.29, 1.82) is 0 Å². The fourth-order valence-corrected chi connectivity index (χ4v) is 5.03. The zero-order chi connectivity index (χ0) is 17.5. The Kier molecular flexibility index (Phi) is 8.03. The van der Waals surface area contributed by atoms with E-state index < -0.39 is 7.92 Å². The Morgan fingerprint density at radius 1 is 0.769 bits per heavy atom. The molecule has 4 heteroatoms. The summed E-state index contributed by atoms with van der Waals surface area (Å²) in [5.41, 5.74) is 0.985. The first-order valence-electron chi connectivity index (χ1n) is 8.42. The van der Waals surface area contributed by atoms with Crippen LogP contribution in [0.5, 0.6) is 0 Å². The summed E-state index contributed by atoms with van der Waals surface area (Å²) in [5, 5.41) is 3.92. The van der Waals surface area contributed by atoms with E-state index in [-0.39, 0.29) is 23.0 Å². The van der Waals surface area contributed by atoms with Crippen LogP contribution in [0.15, 0.2) is 84.9 Å². The third kappa shape index (κ3) is 5.27. The summed E-state index contributed by atoms with van der Waals surface area (Å²) in [4.78, 5) is 11.7. The molecule has 0 unspecified atom stereocenters. The lowest BCUT2D eigenvalue weighted by Gasteiger charge is -2.19. The van der Waals surface area contributed by atoms with Gasteiger partial charge < -0.3 is 4.74 Å². The smallest absolute Gasteiger partial charge is 0.310 e. The van der Waals surface area contributed by atoms with Gasteiger partial charge in [-0.15, -0.1) is 17.0 Å². The molecule has 0 saturated heterocycles. The molecule has 0 aliphatic rings. The first-order valence-corrected chi connectivity index (χ1v) is 9.77. The van der Waals surface area contributed by atoms with E-state index in [1.54, 1.807) is 0 Å². The van der Waals surface area contributed by atoms with Crippen LogP contribution in [0, 0.1) is 0 Å². The number of rotatable bonds is 6. The number of carbonyl (C=O) groups is 1. The molecule has 0 aromatic heterocycles. The van der Waals surface area contributed by atoms with Gasteiger partial charge in [0.25, 0.3) is 0 Å². The second-order valence-corrected chi connectivity index (χ2v) is 7.87. The molecule has 0 amide bonds. The number of ether oxygens (including phenoxy) is 1. The van der Waals surface area contributed by atoms with Gasteiger partial charge in [0.05, 0.1) is 13.0 Å². The second kappa shape index (κ2) is 10.3. The van der Waals surface area contributed by atoms with Crippen molar-refractivity contribution >= 4 is 46.8 Å². The topological polar surface area (TPSA) is 26.3 Å². The van der Waals surface area contributed by atoms with Gasteiger partial charge in [0.15, 0.2) is 0 Å². The lowest BCUT2D eigenvalue weighted by atomic mass is 10.1. The Hall–Kier alpha value is -1.96. The first-order chi connectivity index (χ1) is 12.3. The summed E-state index contributed by atoms with van der Waals surface area (Å²) in [7, 11) is -0.602. The highest BCUT2D eigenvalue weighted by atomic mass is 79.9. The van der Waals surface area contributed by atoms with E-state index in [0.717, 1.165) is 5.56 Å². The van der Waals surface area contributed by atoms with Crippen LogP contribution in [0.2, 0.25) is 0 Å². The minimum atomic E-state index is -0.602. The van der Waals surface area contributed by atoms with Crippen molar-refractivity contribution in [3.05, 3.63) is 90.5 Å². The highest BCUT2D eigenvalue weighted by Crippen LogP contribution is 2.32. The minimum absolute atomic E-state index is 0. The van der Waals surface area contributed by atoms with E-state index in [9.17, 15) is 4.79 Å². The predicted octanol–water partition coefficient (Wildman–Crippen LogP) is 4.13. The Morgan fingerprint density at radius 3 is 1.69 bits per heavy atom. The molecule has 0 radical (unpaired) electrons. The molecular weight excluding hydrogens is 407 g/mol. The Balaban J connectivity index is 0.00000243. The van der Waals surface area contributed by atoms with Crippen molar-refractivity contribution in [2.45, 2.75) is 13.3 Å². The number of hydrogen-bond donors (Lipinski definition) is 0. The maximum absolute atomic E-state index is 11.7. The van der Waals surface area contributed by atoms with Gasteiger partial charge in [-0.05, 0) is 36.3 Å². The molecule has 0 fully saturated rings. The molecule has 0 atom stereocenters. The van der Waals surface area contributed by atoms with Crippen molar-refractivity contribution < 1.29 is 9.53 Å². The lowest BCUT2D eigenvalue weighted by Crippen LogP contribution is -2.20. The average molecular weight is 429 g/mol. The molecule has 0 aliphatic heterocycles. The molecule has 0 saturated carbocycles. The molecule has 0 N–H and O–H groups in total. The normalized spacial score (nSPS) is 10.2. The minimum Gasteiger partial charge on any atom is -0.466 e. The molecular formula is C22H22BrO2P. The van der Waals surface area contributed by atoms with Gasteiger partial charge in [-0.3, -0.25) is 4.79 Å². The Bertz CT molecular complexity index is 765. The third-order valence-corrected chi connectivity index (χ3v) is 6.32. The van der Waals surface area contributed by atoms with Gasteiger partial charge in [0, 0.05) is 0 Å². The lowest BCUT2D eigenvalue weighted by molar-refractivity contribution is -0.142. The van der Waals surface area contributed by atoms with Gasteiger partial charge in [-0.25, -0.2) is 0 Å². The quantitative estimate of drug-likeness (QED) is 0.435. The fraction of sp³-hybridized carbons (Fsp3) is 0.136. The van der Waals surface area contributed by atoms with Gasteiger partial charge in [-0.1, -0.05) is 84.9 Å². The standard InChI is InChI=1S/C22H21O2P.BrH/c1-2-24-22(23)17-18-13-15-21(16-14-18)25(19-9-5-3-6-10-19)20-11-7-4-8-12-20;/h3-16H,2,17H2,1H3;1H. The van der Waals surface area contributed by atoms with Crippen molar-refractivity contribution in [2.24, 2.45) is 0 Å². The van der Waals surface area contributed by atoms with Crippen molar-refractivity contribution in [3.8, 4) is 0 Å². The SMILES string of the molecule is Br.CCOC(=O)Cc1ccc(P(c2ccccc2)c2ccccc2)cc1. The molecule has 26 heavy (non-hydrogen) atoms. The zero-order valence-electron chi connectivity index (χ0n) is 14.7. The maximum atomic E-state index is 11.7.